The van der Waals surface area contributed by atoms with Crippen molar-refractivity contribution < 1.29 is 5.11 Å². The third-order valence-electron chi connectivity index (χ3n) is 7.07. The molecule has 0 amide bonds. The zero-order valence-corrected chi connectivity index (χ0v) is 16.9. The minimum atomic E-state index is -0.252. The predicted molar refractivity (Wildman–Crippen MR) is 113 cm³/mol. The van der Waals surface area contributed by atoms with E-state index < -0.39 is 0 Å². The van der Waals surface area contributed by atoms with Gasteiger partial charge in [0.15, 0.2) is 5.75 Å². The van der Waals surface area contributed by atoms with Crippen molar-refractivity contribution in [2.24, 2.45) is 17.8 Å². The van der Waals surface area contributed by atoms with Crippen LogP contribution in [0.2, 0.25) is 0 Å². The molecule has 1 aromatic rings. The molecule has 4 nitrogen and oxygen atoms in total. The van der Waals surface area contributed by atoms with Crippen LogP contribution in [-0.4, -0.2) is 27.7 Å². The molecule has 1 saturated carbocycles. The van der Waals surface area contributed by atoms with Crippen LogP contribution < -0.4 is 5.56 Å². The van der Waals surface area contributed by atoms with Crippen molar-refractivity contribution in [3.05, 3.63) is 52.5 Å². The number of hydrogen-bond acceptors (Lipinski definition) is 3. The molecule has 1 unspecified atom stereocenters. The normalized spacial score (nSPS) is 24.6. The fraction of sp³-hybridized carbons (Fsp3) is 0.625. The second-order valence-corrected chi connectivity index (χ2v) is 8.97. The Morgan fingerprint density at radius 3 is 2.46 bits per heavy atom. The minimum Gasteiger partial charge on any atom is -0.503 e. The fourth-order valence-corrected chi connectivity index (χ4v) is 5.32. The number of rotatable bonds is 5. The SMILES string of the molecule is O=c1c(O)c(CN2CCC(C3CCCCC3)CC2)ccn1CC1C=CC=CC1. The summed E-state index contributed by atoms with van der Waals surface area (Å²) in [5.74, 6) is 2.09. The van der Waals surface area contributed by atoms with Crippen LogP contribution in [0, 0.1) is 17.8 Å². The van der Waals surface area contributed by atoms with Gasteiger partial charge in [-0.05, 0) is 56.2 Å². The molecular formula is C24H34N2O2. The summed E-state index contributed by atoms with van der Waals surface area (Å²) in [5, 5.41) is 10.5. The van der Waals surface area contributed by atoms with E-state index in [1.165, 1.54) is 44.9 Å². The van der Waals surface area contributed by atoms with Crippen molar-refractivity contribution in [1.82, 2.24) is 9.47 Å². The summed E-state index contributed by atoms with van der Waals surface area (Å²) in [4.78, 5) is 15.0. The molecule has 2 aliphatic carbocycles. The molecule has 2 heterocycles. The molecule has 1 aromatic heterocycles. The van der Waals surface area contributed by atoms with Gasteiger partial charge in [0.05, 0.1) is 0 Å². The zero-order valence-electron chi connectivity index (χ0n) is 16.9. The van der Waals surface area contributed by atoms with Gasteiger partial charge in [-0.15, -0.1) is 0 Å². The monoisotopic (exact) mass is 382 g/mol. The van der Waals surface area contributed by atoms with E-state index in [-0.39, 0.29) is 11.3 Å². The molecule has 1 saturated heterocycles. The van der Waals surface area contributed by atoms with Crippen LogP contribution in [0.3, 0.4) is 0 Å². The number of likely N-dealkylation sites (tertiary alicyclic amines) is 1. The molecule has 1 N–H and O–H groups in total. The van der Waals surface area contributed by atoms with Gasteiger partial charge in [-0.3, -0.25) is 9.69 Å². The topological polar surface area (TPSA) is 45.5 Å². The summed E-state index contributed by atoms with van der Waals surface area (Å²) in [6.07, 6.45) is 20.8. The Labute approximate surface area is 168 Å². The number of hydrogen-bond donors (Lipinski definition) is 1. The lowest BCUT2D eigenvalue weighted by Crippen LogP contribution is -2.36. The van der Waals surface area contributed by atoms with Gasteiger partial charge in [-0.2, -0.15) is 0 Å². The molecule has 2 fully saturated rings. The highest BCUT2D eigenvalue weighted by Gasteiger charge is 2.28. The minimum absolute atomic E-state index is 0.0627. The van der Waals surface area contributed by atoms with E-state index in [1.807, 2.05) is 24.4 Å². The van der Waals surface area contributed by atoms with Crippen LogP contribution in [0.15, 0.2) is 41.4 Å². The second kappa shape index (κ2) is 9.13. The van der Waals surface area contributed by atoms with Crippen LogP contribution in [0.1, 0.15) is 56.9 Å². The van der Waals surface area contributed by atoms with Crippen molar-refractivity contribution in [3.8, 4) is 5.75 Å². The van der Waals surface area contributed by atoms with Crippen LogP contribution in [0.25, 0.3) is 0 Å². The predicted octanol–water partition coefficient (Wildman–Crippen LogP) is 4.48. The van der Waals surface area contributed by atoms with Gasteiger partial charge in [0.25, 0.3) is 5.56 Å². The van der Waals surface area contributed by atoms with Crippen LogP contribution >= 0.6 is 0 Å². The molecule has 152 valence electrons. The zero-order chi connectivity index (χ0) is 19.3. The molecule has 4 heteroatoms. The maximum absolute atomic E-state index is 12.6. The van der Waals surface area contributed by atoms with E-state index in [4.69, 9.17) is 0 Å². The van der Waals surface area contributed by atoms with Gasteiger partial charge in [0.2, 0.25) is 0 Å². The largest absolute Gasteiger partial charge is 0.503 e. The van der Waals surface area contributed by atoms with Gasteiger partial charge in [0, 0.05) is 24.8 Å². The lowest BCUT2D eigenvalue weighted by atomic mass is 9.76. The number of aromatic nitrogens is 1. The van der Waals surface area contributed by atoms with Crippen molar-refractivity contribution in [2.45, 2.75) is 64.5 Å². The molecule has 3 aliphatic rings. The molecule has 28 heavy (non-hydrogen) atoms. The van der Waals surface area contributed by atoms with Crippen molar-refractivity contribution in [3.63, 3.8) is 0 Å². The Bertz CT molecular complexity index is 765. The van der Waals surface area contributed by atoms with Gasteiger partial charge >= 0.3 is 0 Å². The Morgan fingerprint density at radius 1 is 1.00 bits per heavy atom. The average molecular weight is 383 g/mol. The first-order valence-electron chi connectivity index (χ1n) is 11.2. The Morgan fingerprint density at radius 2 is 1.75 bits per heavy atom. The smallest absolute Gasteiger partial charge is 0.292 e. The summed E-state index contributed by atoms with van der Waals surface area (Å²) in [6.45, 7) is 3.48. The molecule has 1 atom stereocenters. The second-order valence-electron chi connectivity index (χ2n) is 8.97. The highest BCUT2D eigenvalue weighted by atomic mass is 16.3. The number of allylic oxidation sites excluding steroid dienone is 4. The summed E-state index contributed by atoms with van der Waals surface area (Å²) in [5.41, 5.74) is 0.522. The average Bonchev–Trinajstić information content (AvgIpc) is 2.75. The summed E-state index contributed by atoms with van der Waals surface area (Å²) in [6, 6.07) is 1.94. The molecule has 0 radical (unpaired) electrons. The summed E-state index contributed by atoms with van der Waals surface area (Å²) >= 11 is 0. The first-order chi connectivity index (χ1) is 13.7. The maximum Gasteiger partial charge on any atom is 0.292 e. The van der Waals surface area contributed by atoms with E-state index in [0.717, 1.165) is 36.9 Å². The maximum atomic E-state index is 12.6. The number of aromatic hydroxyl groups is 1. The fourth-order valence-electron chi connectivity index (χ4n) is 5.32. The van der Waals surface area contributed by atoms with E-state index in [9.17, 15) is 9.90 Å². The molecule has 4 rings (SSSR count). The number of piperidine rings is 1. The van der Waals surface area contributed by atoms with Gasteiger partial charge in [-0.1, -0.05) is 56.4 Å². The van der Waals surface area contributed by atoms with Crippen molar-refractivity contribution >= 4 is 0 Å². The van der Waals surface area contributed by atoms with E-state index in [1.54, 1.807) is 4.57 Å². The highest BCUT2D eigenvalue weighted by molar-refractivity contribution is 5.29. The lowest BCUT2D eigenvalue weighted by Gasteiger charge is -2.37. The highest BCUT2D eigenvalue weighted by Crippen LogP contribution is 2.36. The molecule has 0 spiro atoms. The first-order valence-corrected chi connectivity index (χ1v) is 11.2. The van der Waals surface area contributed by atoms with Crippen LogP contribution in [-0.2, 0) is 13.1 Å². The third kappa shape index (κ3) is 4.60. The molecule has 0 aromatic carbocycles. The third-order valence-corrected chi connectivity index (χ3v) is 7.07. The standard InChI is InChI=1S/C24H34N2O2/c27-23-22(13-16-26(24(23)28)17-19-7-3-1-4-8-19)18-25-14-11-21(12-15-25)20-9-5-2-6-10-20/h1,3-4,7,13,16,19-21,27H,2,5-6,8-12,14-15,17-18H2. The van der Waals surface area contributed by atoms with E-state index in [2.05, 4.69) is 17.1 Å². The Hall–Kier alpha value is -1.81. The molecular weight excluding hydrogens is 348 g/mol. The Balaban J connectivity index is 1.33. The van der Waals surface area contributed by atoms with E-state index in [0.29, 0.717) is 19.0 Å². The number of pyridine rings is 1. The quantitative estimate of drug-likeness (QED) is 0.817. The summed E-state index contributed by atoms with van der Waals surface area (Å²) in [7, 11) is 0. The van der Waals surface area contributed by atoms with E-state index >= 15 is 0 Å². The summed E-state index contributed by atoms with van der Waals surface area (Å²) < 4.78 is 1.66. The lowest BCUT2D eigenvalue weighted by molar-refractivity contribution is 0.122. The van der Waals surface area contributed by atoms with Gasteiger partial charge in [0.1, 0.15) is 0 Å². The van der Waals surface area contributed by atoms with Crippen LogP contribution in [0.4, 0.5) is 0 Å². The van der Waals surface area contributed by atoms with Gasteiger partial charge < -0.3 is 9.67 Å². The molecule has 1 aliphatic heterocycles. The Kier molecular flexibility index (Phi) is 6.36. The molecule has 0 bridgehead atoms. The first kappa shape index (κ1) is 19.5. The number of nitrogens with zero attached hydrogens (tertiary/aromatic N) is 2. The van der Waals surface area contributed by atoms with Crippen molar-refractivity contribution in [2.75, 3.05) is 13.1 Å². The van der Waals surface area contributed by atoms with Crippen LogP contribution in [0.5, 0.6) is 5.75 Å². The van der Waals surface area contributed by atoms with Crippen molar-refractivity contribution in [1.29, 1.82) is 0 Å². The van der Waals surface area contributed by atoms with Gasteiger partial charge in [-0.25, -0.2) is 0 Å².